The Bertz CT molecular complexity index is 469. The van der Waals surface area contributed by atoms with Crippen LogP contribution in [0.5, 0.6) is 0 Å². The highest BCUT2D eigenvalue weighted by atomic mass is 35.5. The zero-order chi connectivity index (χ0) is 12.8. The lowest BCUT2D eigenvalue weighted by atomic mass is 10.1. The maximum Gasteiger partial charge on any atom is 0.0732 e. The minimum atomic E-state index is 0.494. The SMILES string of the molecule is Nc1ccccc1CCOCc1ccncc1Cl. The molecule has 18 heavy (non-hydrogen) atoms. The van der Waals surface area contributed by atoms with Crippen LogP contribution in [0.25, 0.3) is 0 Å². The number of nitrogen functional groups attached to an aromatic ring is 1. The van der Waals surface area contributed by atoms with Crippen LogP contribution < -0.4 is 5.73 Å². The standard InChI is InChI=1S/C14H15ClN2O/c15-13-9-17-7-5-12(13)10-18-8-6-11-3-1-2-4-14(11)16/h1-5,7,9H,6,8,10,16H2. The highest BCUT2D eigenvalue weighted by Gasteiger charge is 2.01. The van der Waals surface area contributed by atoms with E-state index in [1.807, 2.05) is 30.3 Å². The van der Waals surface area contributed by atoms with Gasteiger partial charge in [-0.3, -0.25) is 4.98 Å². The third kappa shape index (κ3) is 3.45. The molecule has 0 aliphatic carbocycles. The molecule has 0 saturated carbocycles. The molecule has 2 rings (SSSR count). The molecule has 0 fully saturated rings. The van der Waals surface area contributed by atoms with Crippen LogP contribution in [0.3, 0.4) is 0 Å². The van der Waals surface area contributed by atoms with Crippen molar-refractivity contribution in [1.29, 1.82) is 0 Å². The molecule has 0 atom stereocenters. The molecule has 0 unspecified atom stereocenters. The van der Waals surface area contributed by atoms with Gasteiger partial charge in [0.25, 0.3) is 0 Å². The Morgan fingerprint density at radius 2 is 2.00 bits per heavy atom. The van der Waals surface area contributed by atoms with Crippen LogP contribution in [0.4, 0.5) is 5.69 Å². The largest absolute Gasteiger partial charge is 0.399 e. The number of hydrogen-bond acceptors (Lipinski definition) is 3. The summed E-state index contributed by atoms with van der Waals surface area (Å²) in [6, 6.07) is 9.67. The Morgan fingerprint density at radius 1 is 1.17 bits per heavy atom. The van der Waals surface area contributed by atoms with E-state index in [9.17, 15) is 0 Å². The minimum Gasteiger partial charge on any atom is -0.399 e. The zero-order valence-corrected chi connectivity index (χ0v) is 10.7. The van der Waals surface area contributed by atoms with Crippen LogP contribution in [0, 0.1) is 0 Å². The first kappa shape index (κ1) is 12.9. The van der Waals surface area contributed by atoms with Crippen LogP contribution in [0.15, 0.2) is 42.7 Å². The Morgan fingerprint density at radius 3 is 2.78 bits per heavy atom. The quantitative estimate of drug-likeness (QED) is 0.665. The number of halogens is 1. The number of para-hydroxylation sites is 1. The Hall–Kier alpha value is -1.58. The summed E-state index contributed by atoms with van der Waals surface area (Å²) in [5.41, 5.74) is 8.72. The summed E-state index contributed by atoms with van der Waals surface area (Å²) in [6.07, 6.45) is 4.13. The molecule has 0 amide bonds. The summed E-state index contributed by atoms with van der Waals surface area (Å²) in [5, 5.41) is 0.636. The van der Waals surface area contributed by atoms with Crippen molar-refractivity contribution < 1.29 is 4.74 Å². The summed E-state index contributed by atoms with van der Waals surface area (Å²) in [5.74, 6) is 0. The fourth-order valence-corrected chi connectivity index (χ4v) is 1.82. The third-order valence-electron chi connectivity index (χ3n) is 2.68. The first-order valence-corrected chi connectivity index (χ1v) is 6.14. The van der Waals surface area contributed by atoms with E-state index in [-0.39, 0.29) is 0 Å². The maximum atomic E-state index is 5.98. The number of nitrogens with zero attached hydrogens (tertiary/aromatic N) is 1. The number of pyridine rings is 1. The number of benzene rings is 1. The van der Waals surface area contributed by atoms with Crippen molar-refractivity contribution >= 4 is 17.3 Å². The zero-order valence-electron chi connectivity index (χ0n) is 9.97. The third-order valence-corrected chi connectivity index (χ3v) is 3.03. The monoisotopic (exact) mass is 262 g/mol. The van der Waals surface area contributed by atoms with Crippen molar-refractivity contribution in [3.8, 4) is 0 Å². The van der Waals surface area contributed by atoms with Crippen LogP contribution >= 0.6 is 11.6 Å². The van der Waals surface area contributed by atoms with Crippen molar-refractivity contribution in [1.82, 2.24) is 4.98 Å². The van der Waals surface area contributed by atoms with E-state index < -0.39 is 0 Å². The lowest BCUT2D eigenvalue weighted by molar-refractivity contribution is 0.124. The molecule has 2 aromatic rings. The van der Waals surface area contributed by atoms with Crippen molar-refractivity contribution in [3.05, 3.63) is 58.9 Å². The van der Waals surface area contributed by atoms with Gasteiger partial charge in [-0.2, -0.15) is 0 Å². The van der Waals surface area contributed by atoms with Crippen molar-refractivity contribution in [2.75, 3.05) is 12.3 Å². The number of rotatable bonds is 5. The van der Waals surface area contributed by atoms with Gasteiger partial charge in [-0.25, -0.2) is 0 Å². The predicted molar refractivity (Wildman–Crippen MR) is 73.5 cm³/mol. The van der Waals surface area contributed by atoms with Gasteiger partial charge in [0.2, 0.25) is 0 Å². The maximum absolute atomic E-state index is 5.98. The van der Waals surface area contributed by atoms with E-state index in [1.54, 1.807) is 12.4 Å². The molecule has 0 bridgehead atoms. The van der Waals surface area contributed by atoms with Crippen LogP contribution in [0.2, 0.25) is 5.02 Å². The molecule has 3 nitrogen and oxygen atoms in total. The van der Waals surface area contributed by atoms with Crippen molar-refractivity contribution in [3.63, 3.8) is 0 Å². The average molecular weight is 263 g/mol. The Kier molecular flexibility index (Phi) is 4.56. The van der Waals surface area contributed by atoms with E-state index in [0.717, 1.165) is 23.2 Å². The molecule has 1 aromatic heterocycles. The van der Waals surface area contributed by atoms with Gasteiger partial charge in [0.05, 0.1) is 18.2 Å². The van der Waals surface area contributed by atoms with E-state index >= 15 is 0 Å². The molecule has 0 saturated heterocycles. The topological polar surface area (TPSA) is 48.1 Å². The molecule has 1 heterocycles. The van der Waals surface area contributed by atoms with Gasteiger partial charge >= 0.3 is 0 Å². The van der Waals surface area contributed by atoms with Gasteiger partial charge in [-0.1, -0.05) is 29.8 Å². The van der Waals surface area contributed by atoms with Crippen LogP contribution in [-0.4, -0.2) is 11.6 Å². The smallest absolute Gasteiger partial charge is 0.0732 e. The second kappa shape index (κ2) is 6.38. The summed E-state index contributed by atoms with van der Waals surface area (Å²) in [4.78, 5) is 3.93. The molecule has 0 aliphatic rings. The van der Waals surface area contributed by atoms with Gasteiger partial charge in [-0.05, 0) is 29.7 Å². The Balaban J connectivity index is 1.80. The summed E-state index contributed by atoms with van der Waals surface area (Å²) in [6.45, 7) is 1.11. The van der Waals surface area contributed by atoms with E-state index in [4.69, 9.17) is 22.1 Å². The lowest BCUT2D eigenvalue weighted by Crippen LogP contribution is -2.02. The second-order valence-corrected chi connectivity index (χ2v) is 4.38. The number of aromatic nitrogens is 1. The highest BCUT2D eigenvalue weighted by Crippen LogP contribution is 2.15. The van der Waals surface area contributed by atoms with Gasteiger partial charge in [0, 0.05) is 18.1 Å². The molecule has 94 valence electrons. The van der Waals surface area contributed by atoms with Crippen LogP contribution in [0.1, 0.15) is 11.1 Å². The van der Waals surface area contributed by atoms with Gasteiger partial charge < -0.3 is 10.5 Å². The fourth-order valence-electron chi connectivity index (χ4n) is 1.65. The normalized spacial score (nSPS) is 10.5. The number of hydrogen-bond donors (Lipinski definition) is 1. The molecule has 2 N–H and O–H groups in total. The predicted octanol–water partition coefficient (Wildman–Crippen LogP) is 3.08. The van der Waals surface area contributed by atoms with E-state index in [0.29, 0.717) is 18.2 Å². The molecule has 0 aliphatic heterocycles. The molecule has 0 spiro atoms. The van der Waals surface area contributed by atoms with Crippen LogP contribution in [-0.2, 0) is 17.8 Å². The van der Waals surface area contributed by atoms with Crippen molar-refractivity contribution in [2.45, 2.75) is 13.0 Å². The first-order valence-electron chi connectivity index (χ1n) is 5.77. The van der Waals surface area contributed by atoms with E-state index in [1.165, 1.54) is 0 Å². The number of anilines is 1. The highest BCUT2D eigenvalue weighted by molar-refractivity contribution is 6.31. The van der Waals surface area contributed by atoms with Gasteiger partial charge in [-0.15, -0.1) is 0 Å². The van der Waals surface area contributed by atoms with E-state index in [2.05, 4.69) is 4.98 Å². The first-order chi connectivity index (χ1) is 8.77. The average Bonchev–Trinajstić information content (AvgIpc) is 2.38. The summed E-state index contributed by atoms with van der Waals surface area (Å²) < 4.78 is 5.59. The number of ether oxygens (including phenoxy) is 1. The second-order valence-electron chi connectivity index (χ2n) is 3.97. The molecule has 4 heteroatoms. The van der Waals surface area contributed by atoms with Gasteiger partial charge in [0.15, 0.2) is 0 Å². The van der Waals surface area contributed by atoms with Gasteiger partial charge in [0.1, 0.15) is 0 Å². The molecule has 0 radical (unpaired) electrons. The fraction of sp³-hybridized carbons (Fsp3) is 0.214. The van der Waals surface area contributed by atoms with Crippen molar-refractivity contribution in [2.24, 2.45) is 0 Å². The molecular weight excluding hydrogens is 248 g/mol. The minimum absolute atomic E-state index is 0.494. The lowest BCUT2D eigenvalue weighted by Gasteiger charge is -2.07. The molecular formula is C14H15ClN2O. The summed E-state index contributed by atoms with van der Waals surface area (Å²) in [7, 11) is 0. The Labute approximate surface area is 112 Å². The number of nitrogens with two attached hydrogens (primary N) is 1. The molecule has 1 aromatic carbocycles. The summed E-state index contributed by atoms with van der Waals surface area (Å²) >= 11 is 5.98.